The van der Waals surface area contributed by atoms with Gasteiger partial charge in [0, 0.05) is 19.1 Å². The molecule has 0 saturated carbocycles. The summed E-state index contributed by atoms with van der Waals surface area (Å²) in [4.78, 5) is 2.55. The van der Waals surface area contributed by atoms with Crippen molar-refractivity contribution < 1.29 is 4.74 Å². The molecule has 1 heterocycles. The van der Waals surface area contributed by atoms with Crippen molar-refractivity contribution in [3.05, 3.63) is 0 Å². The van der Waals surface area contributed by atoms with Gasteiger partial charge in [0.15, 0.2) is 0 Å². The second kappa shape index (κ2) is 6.36. The van der Waals surface area contributed by atoms with Crippen LogP contribution in [0, 0.1) is 0 Å². The highest BCUT2D eigenvalue weighted by molar-refractivity contribution is 4.88. The summed E-state index contributed by atoms with van der Waals surface area (Å²) in [6, 6.07) is 0.603. The van der Waals surface area contributed by atoms with E-state index in [0.717, 1.165) is 19.6 Å². The SMILES string of the molecule is CC(C)NCCCCN1CC(C)(C)OC(C)(C)C1. The summed E-state index contributed by atoms with van der Waals surface area (Å²) in [5, 5.41) is 3.47. The van der Waals surface area contributed by atoms with E-state index in [1.165, 1.54) is 19.4 Å². The zero-order chi connectivity index (χ0) is 13.8. The summed E-state index contributed by atoms with van der Waals surface area (Å²) in [5.41, 5.74) is -0.0319. The van der Waals surface area contributed by atoms with Crippen molar-refractivity contribution in [1.29, 1.82) is 0 Å². The predicted molar refractivity (Wildman–Crippen MR) is 78.1 cm³/mol. The first-order chi connectivity index (χ1) is 8.20. The minimum absolute atomic E-state index is 0.0159. The molecule has 1 N–H and O–H groups in total. The Hall–Kier alpha value is -0.120. The summed E-state index contributed by atoms with van der Waals surface area (Å²) >= 11 is 0. The lowest BCUT2D eigenvalue weighted by atomic mass is 9.98. The summed E-state index contributed by atoms with van der Waals surface area (Å²) in [6.45, 7) is 17.6. The minimum Gasteiger partial charge on any atom is -0.367 e. The number of unbranched alkanes of at least 4 members (excludes halogenated alkanes) is 1. The molecule has 108 valence electrons. The third kappa shape index (κ3) is 6.17. The van der Waals surface area contributed by atoms with Gasteiger partial charge in [0.25, 0.3) is 0 Å². The van der Waals surface area contributed by atoms with Crippen molar-refractivity contribution in [2.45, 2.75) is 71.6 Å². The van der Waals surface area contributed by atoms with Crippen LogP contribution in [0.15, 0.2) is 0 Å². The molecule has 0 amide bonds. The van der Waals surface area contributed by atoms with Gasteiger partial charge in [0.2, 0.25) is 0 Å². The quantitative estimate of drug-likeness (QED) is 0.740. The van der Waals surface area contributed by atoms with Crippen molar-refractivity contribution in [1.82, 2.24) is 10.2 Å². The maximum absolute atomic E-state index is 6.10. The van der Waals surface area contributed by atoms with Crippen LogP contribution < -0.4 is 5.32 Å². The van der Waals surface area contributed by atoms with Crippen LogP contribution in [-0.2, 0) is 4.74 Å². The fraction of sp³-hybridized carbons (Fsp3) is 1.00. The molecule has 0 bridgehead atoms. The first kappa shape index (κ1) is 15.9. The van der Waals surface area contributed by atoms with E-state index in [2.05, 4.69) is 51.8 Å². The van der Waals surface area contributed by atoms with Crippen molar-refractivity contribution in [3.8, 4) is 0 Å². The molecule has 1 saturated heterocycles. The molecule has 1 aliphatic rings. The van der Waals surface area contributed by atoms with Crippen LogP contribution >= 0.6 is 0 Å². The summed E-state index contributed by atoms with van der Waals surface area (Å²) in [7, 11) is 0. The fourth-order valence-electron chi connectivity index (χ4n) is 2.95. The molecular formula is C15H32N2O. The smallest absolute Gasteiger partial charge is 0.0760 e. The van der Waals surface area contributed by atoms with Crippen LogP contribution in [0.1, 0.15) is 54.4 Å². The Morgan fingerprint density at radius 2 is 1.61 bits per heavy atom. The maximum Gasteiger partial charge on any atom is 0.0760 e. The van der Waals surface area contributed by atoms with E-state index in [1.807, 2.05) is 0 Å². The zero-order valence-electron chi connectivity index (χ0n) is 13.2. The number of rotatable bonds is 6. The van der Waals surface area contributed by atoms with Gasteiger partial charge in [-0.05, 0) is 53.6 Å². The lowest BCUT2D eigenvalue weighted by molar-refractivity contribution is -0.180. The number of nitrogens with zero attached hydrogens (tertiary/aromatic N) is 1. The normalized spacial score (nSPS) is 23.5. The van der Waals surface area contributed by atoms with E-state index in [0.29, 0.717) is 6.04 Å². The van der Waals surface area contributed by atoms with Gasteiger partial charge < -0.3 is 10.1 Å². The Morgan fingerprint density at radius 3 is 2.11 bits per heavy atom. The molecule has 18 heavy (non-hydrogen) atoms. The van der Waals surface area contributed by atoms with Crippen LogP contribution in [0.4, 0.5) is 0 Å². The van der Waals surface area contributed by atoms with Crippen LogP contribution in [0.2, 0.25) is 0 Å². The van der Waals surface area contributed by atoms with Crippen molar-refractivity contribution in [2.24, 2.45) is 0 Å². The Kier molecular flexibility index (Phi) is 5.63. The molecule has 0 aliphatic carbocycles. The van der Waals surface area contributed by atoms with Gasteiger partial charge in [-0.3, -0.25) is 4.90 Å². The first-order valence-corrected chi connectivity index (χ1v) is 7.36. The molecule has 3 heteroatoms. The first-order valence-electron chi connectivity index (χ1n) is 7.36. The van der Waals surface area contributed by atoms with Gasteiger partial charge in [-0.25, -0.2) is 0 Å². The number of morpholine rings is 1. The van der Waals surface area contributed by atoms with Crippen molar-refractivity contribution >= 4 is 0 Å². The van der Waals surface area contributed by atoms with E-state index < -0.39 is 0 Å². The molecule has 1 fully saturated rings. The number of hydrogen-bond donors (Lipinski definition) is 1. The number of hydrogen-bond acceptors (Lipinski definition) is 3. The maximum atomic E-state index is 6.10. The summed E-state index contributed by atoms with van der Waals surface area (Å²) in [6.07, 6.45) is 2.53. The van der Waals surface area contributed by atoms with Crippen LogP contribution in [0.3, 0.4) is 0 Å². The lowest BCUT2D eigenvalue weighted by Gasteiger charge is -2.47. The number of ether oxygens (including phenoxy) is 1. The van der Waals surface area contributed by atoms with Gasteiger partial charge in [-0.1, -0.05) is 13.8 Å². The van der Waals surface area contributed by atoms with E-state index in [1.54, 1.807) is 0 Å². The molecule has 0 aromatic rings. The van der Waals surface area contributed by atoms with Crippen molar-refractivity contribution in [3.63, 3.8) is 0 Å². The Labute approximate surface area is 113 Å². The van der Waals surface area contributed by atoms with Gasteiger partial charge in [0.1, 0.15) is 0 Å². The molecule has 0 spiro atoms. The average Bonchev–Trinajstić information content (AvgIpc) is 2.11. The van der Waals surface area contributed by atoms with Crippen LogP contribution in [-0.4, -0.2) is 48.3 Å². The van der Waals surface area contributed by atoms with Gasteiger partial charge in [-0.2, -0.15) is 0 Å². The van der Waals surface area contributed by atoms with Gasteiger partial charge >= 0.3 is 0 Å². The molecule has 0 radical (unpaired) electrons. The van der Waals surface area contributed by atoms with Crippen molar-refractivity contribution in [2.75, 3.05) is 26.2 Å². The highest BCUT2D eigenvalue weighted by atomic mass is 16.5. The fourth-order valence-corrected chi connectivity index (χ4v) is 2.95. The Morgan fingerprint density at radius 1 is 1.06 bits per heavy atom. The molecule has 1 rings (SSSR count). The molecule has 0 aromatic carbocycles. The van der Waals surface area contributed by atoms with E-state index in [4.69, 9.17) is 4.74 Å². The topological polar surface area (TPSA) is 24.5 Å². The second-order valence-corrected chi connectivity index (χ2v) is 7.15. The lowest BCUT2D eigenvalue weighted by Crippen LogP contribution is -2.57. The number of nitrogens with one attached hydrogen (secondary N) is 1. The third-order valence-electron chi connectivity index (χ3n) is 3.22. The van der Waals surface area contributed by atoms with Gasteiger partial charge in [0.05, 0.1) is 11.2 Å². The molecule has 3 nitrogen and oxygen atoms in total. The molecule has 0 atom stereocenters. The molecule has 0 aromatic heterocycles. The highest BCUT2D eigenvalue weighted by Gasteiger charge is 2.37. The molecular weight excluding hydrogens is 224 g/mol. The molecule has 0 unspecified atom stereocenters. The van der Waals surface area contributed by atoms with E-state index in [-0.39, 0.29) is 11.2 Å². The van der Waals surface area contributed by atoms with Crippen LogP contribution in [0.25, 0.3) is 0 Å². The largest absolute Gasteiger partial charge is 0.367 e. The van der Waals surface area contributed by atoms with E-state index in [9.17, 15) is 0 Å². The van der Waals surface area contributed by atoms with Crippen LogP contribution in [0.5, 0.6) is 0 Å². The Balaban J connectivity index is 2.25. The average molecular weight is 256 g/mol. The zero-order valence-corrected chi connectivity index (χ0v) is 13.2. The summed E-state index contributed by atoms with van der Waals surface area (Å²) in [5.74, 6) is 0. The Bertz CT molecular complexity index is 233. The predicted octanol–water partition coefficient (Wildman–Crippen LogP) is 2.65. The van der Waals surface area contributed by atoms with E-state index >= 15 is 0 Å². The molecule has 1 aliphatic heterocycles. The summed E-state index contributed by atoms with van der Waals surface area (Å²) < 4.78 is 6.10. The minimum atomic E-state index is -0.0159. The second-order valence-electron chi connectivity index (χ2n) is 7.15. The third-order valence-corrected chi connectivity index (χ3v) is 3.22. The highest BCUT2D eigenvalue weighted by Crippen LogP contribution is 2.27. The van der Waals surface area contributed by atoms with Gasteiger partial charge in [-0.15, -0.1) is 0 Å². The monoisotopic (exact) mass is 256 g/mol. The standard InChI is InChI=1S/C15H32N2O/c1-13(2)16-9-7-8-10-17-11-14(3,4)18-15(5,6)12-17/h13,16H,7-12H2,1-6H3.